The lowest BCUT2D eigenvalue weighted by Gasteiger charge is -2.37. The van der Waals surface area contributed by atoms with E-state index in [0.29, 0.717) is 36.1 Å². The maximum atomic E-state index is 13.1. The Morgan fingerprint density at radius 1 is 1.19 bits per heavy atom. The van der Waals surface area contributed by atoms with Gasteiger partial charge < -0.3 is 19.7 Å². The van der Waals surface area contributed by atoms with E-state index in [9.17, 15) is 14.4 Å². The van der Waals surface area contributed by atoms with Gasteiger partial charge in [-0.1, -0.05) is 0 Å². The summed E-state index contributed by atoms with van der Waals surface area (Å²) in [5, 5.41) is 3.69. The Labute approximate surface area is 156 Å². The van der Waals surface area contributed by atoms with E-state index in [-0.39, 0.29) is 17.4 Å². The van der Waals surface area contributed by atoms with Gasteiger partial charge in [-0.2, -0.15) is 0 Å². The number of benzene rings is 1. The summed E-state index contributed by atoms with van der Waals surface area (Å²) in [6.07, 6.45) is 3.49. The number of carbonyl (C=O) groups excluding carboxylic acids is 2. The number of hydrogen-bond donors (Lipinski definition) is 1. The van der Waals surface area contributed by atoms with Gasteiger partial charge in [-0.05, 0) is 31.0 Å². The van der Waals surface area contributed by atoms with Crippen LogP contribution in [0, 0.1) is 0 Å². The number of nitrogens with zero attached hydrogens (tertiary/aromatic N) is 4. The number of aromatic nitrogens is 2. The second kappa shape index (κ2) is 7.11. The highest BCUT2D eigenvalue weighted by molar-refractivity contribution is 6.00. The van der Waals surface area contributed by atoms with Crippen molar-refractivity contribution in [3.8, 4) is 0 Å². The van der Waals surface area contributed by atoms with Gasteiger partial charge >= 0.3 is 0 Å². The molecule has 2 aliphatic heterocycles. The fraction of sp³-hybridized carbons (Fsp3) is 0.474. The molecule has 1 aromatic heterocycles. The fourth-order valence-corrected chi connectivity index (χ4v) is 3.83. The average Bonchev–Trinajstić information content (AvgIpc) is 3.24. The van der Waals surface area contributed by atoms with Gasteiger partial charge in [0.2, 0.25) is 5.91 Å². The molecule has 0 radical (unpaired) electrons. The highest BCUT2D eigenvalue weighted by Crippen LogP contribution is 2.18. The Morgan fingerprint density at radius 2 is 1.96 bits per heavy atom. The SMILES string of the molecule is Cn1cnc2cc(C(=O)N3CCNC[C@@H]3C(=O)N3CCCC3)ccc2c1=O. The first kappa shape index (κ1) is 17.7. The van der Waals surface area contributed by atoms with Gasteiger partial charge in [0.25, 0.3) is 11.5 Å². The van der Waals surface area contributed by atoms with E-state index >= 15 is 0 Å². The van der Waals surface area contributed by atoms with Crippen LogP contribution in [-0.2, 0) is 11.8 Å². The Kier molecular flexibility index (Phi) is 4.65. The number of piperazine rings is 1. The molecule has 0 spiro atoms. The molecule has 1 N–H and O–H groups in total. The molecule has 2 aromatic rings. The summed E-state index contributed by atoms with van der Waals surface area (Å²) >= 11 is 0. The molecule has 2 saturated heterocycles. The van der Waals surface area contributed by atoms with Crippen LogP contribution < -0.4 is 10.9 Å². The van der Waals surface area contributed by atoms with Crippen LogP contribution in [-0.4, -0.2) is 69.9 Å². The van der Waals surface area contributed by atoms with Crippen molar-refractivity contribution in [2.45, 2.75) is 18.9 Å². The molecule has 0 saturated carbocycles. The van der Waals surface area contributed by atoms with Crippen LogP contribution in [0.25, 0.3) is 10.9 Å². The largest absolute Gasteiger partial charge is 0.341 e. The Morgan fingerprint density at radius 3 is 2.74 bits per heavy atom. The lowest BCUT2D eigenvalue weighted by Crippen LogP contribution is -2.59. The van der Waals surface area contributed by atoms with Gasteiger partial charge in [0.1, 0.15) is 6.04 Å². The molecule has 2 aliphatic rings. The summed E-state index contributed by atoms with van der Waals surface area (Å²) in [6, 6.07) is 4.43. The average molecular weight is 369 g/mol. The second-order valence-corrected chi connectivity index (χ2v) is 7.14. The smallest absolute Gasteiger partial charge is 0.260 e. The zero-order valence-corrected chi connectivity index (χ0v) is 15.4. The van der Waals surface area contributed by atoms with Crippen molar-refractivity contribution in [1.29, 1.82) is 0 Å². The summed E-state index contributed by atoms with van der Waals surface area (Å²) in [5.74, 6) is -0.181. The van der Waals surface area contributed by atoms with Crippen molar-refractivity contribution in [3.05, 3.63) is 40.4 Å². The summed E-state index contributed by atoms with van der Waals surface area (Å²) in [6.45, 7) is 3.13. The van der Waals surface area contributed by atoms with Gasteiger partial charge in [-0.15, -0.1) is 0 Å². The van der Waals surface area contributed by atoms with E-state index in [1.165, 1.54) is 10.9 Å². The third-order valence-electron chi connectivity index (χ3n) is 5.37. The minimum absolute atomic E-state index is 0.0147. The van der Waals surface area contributed by atoms with Crippen LogP contribution in [0.1, 0.15) is 23.2 Å². The number of fused-ring (bicyclic) bond motifs is 1. The van der Waals surface area contributed by atoms with Crippen molar-refractivity contribution in [3.63, 3.8) is 0 Å². The van der Waals surface area contributed by atoms with E-state index in [1.54, 1.807) is 30.1 Å². The van der Waals surface area contributed by atoms with Crippen molar-refractivity contribution in [1.82, 2.24) is 24.7 Å². The molecule has 8 nitrogen and oxygen atoms in total. The molecule has 1 atom stereocenters. The van der Waals surface area contributed by atoms with E-state index in [1.807, 2.05) is 4.90 Å². The molecular weight excluding hydrogens is 346 g/mol. The van der Waals surface area contributed by atoms with Gasteiger partial charge in [0.05, 0.1) is 17.2 Å². The topological polar surface area (TPSA) is 87.5 Å². The molecule has 27 heavy (non-hydrogen) atoms. The van der Waals surface area contributed by atoms with Crippen LogP contribution in [0.4, 0.5) is 0 Å². The summed E-state index contributed by atoms with van der Waals surface area (Å²) in [7, 11) is 1.64. The van der Waals surface area contributed by atoms with E-state index in [4.69, 9.17) is 0 Å². The van der Waals surface area contributed by atoms with Crippen molar-refractivity contribution >= 4 is 22.7 Å². The zero-order valence-electron chi connectivity index (χ0n) is 15.4. The van der Waals surface area contributed by atoms with Crippen LogP contribution in [0.5, 0.6) is 0 Å². The highest BCUT2D eigenvalue weighted by atomic mass is 16.2. The summed E-state index contributed by atoms with van der Waals surface area (Å²) in [4.78, 5) is 45.9. The van der Waals surface area contributed by atoms with E-state index < -0.39 is 6.04 Å². The molecule has 0 aliphatic carbocycles. The number of carbonyl (C=O) groups is 2. The van der Waals surface area contributed by atoms with Crippen molar-refractivity contribution < 1.29 is 9.59 Å². The summed E-state index contributed by atoms with van der Waals surface area (Å²) < 4.78 is 1.41. The predicted molar refractivity (Wildman–Crippen MR) is 100 cm³/mol. The normalized spacial score (nSPS) is 20.3. The maximum Gasteiger partial charge on any atom is 0.260 e. The Hall–Kier alpha value is -2.74. The number of rotatable bonds is 2. The van der Waals surface area contributed by atoms with Crippen molar-refractivity contribution in [2.24, 2.45) is 7.05 Å². The van der Waals surface area contributed by atoms with Gasteiger partial charge in [-0.3, -0.25) is 14.4 Å². The third kappa shape index (κ3) is 3.21. The number of nitrogens with one attached hydrogen (secondary N) is 1. The first-order valence-electron chi connectivity index (χ1n) is 9.32. The van der Waals surface area contributed by atoms with Gasteiger partial charge in [0.15, 0.2) is 0 Å². The van der Waals surface area contributed by atoms with Crippen LogP contribution in [0.15, 0.2) is 29.3 Å². The van der Waals surface area contributed by atoms with E-state index in [2.05, 4.69) is 10.3 Å². The molecule has 3 heterocycles. The molecule has 0 unspecified atom stereocenters. The number of likely N-dealkylation sites (tertiary alicyclic amines) is 1. The quantitative estimate of drug-likeness (QED) is 0.803. The number of aryl methyl sites for hydroxylation is 1. The lowest BCUT2D eigenvalue weighted by atomic mass is 10.1. The van der Waals surface area contributed by atoms with Crippen LogP contribution >= 0.6 is 0 Å². The minimum atomic E-state index is -0.489. The molecule has 142 valence electrons. The molecular formula is C19H23N5O3. The first-order chi connectivity index (χ1) is 13.1. The fourth-order valence-electron chi connectivity index (χ4n) is 3.83. The minimum Gasteiger partial charge on any atom is -0.341 e. The monoisotopic (exact) mass is 369 g/mol. The van der Waals surface area contributed by atoms with Crippen molar-refractivity contribution in [2.75, 3.05) is 32.7 Å². The first-order valence-corrected chi connectivity index (χ1v) is 9.32. The second-order valence-electron chi connectivity index (χ2n) is 7.14. The molecule has 2 fully saturated rings. The molecule has 1 aromatic carbocycles. The maximum absolute atomic E-state index is 13.1. The standard InChI is InChI=1S/C19H23N5O3/c1-22-12-21-15-10-13(4-5-14(15)18(22)26)17(25)24-9-6-20-11-16(24)19(27)23-7-2-3-8-23/h4-5,10,12,16,20H,2-3,6-9,11H2,1H3/t16-/m1/s1. The van der Waals surface area contributed by atoms with Gasteiger partial charge in [-0.25, -0.2) is 4.98 Å². The Balaban J connectivity index is 1.63. The summed E-state index contributed by atoms with van der Waals surface area (Å²) in [5.41, 5.74) is 0.786. The number of hydrogen-bond acceptors (Lipinski definition) is 5. The third-order valence-corrected chi connectivity index (χ3v) is 5.37. The number of amides is 2. The molecule has 8 heteroatoms. The van der Waals surface area contributed by atoms with Crippen LogP contribution in [0.3, 0.4) is 0 Å². The van der Waals surface area contributed by atoms with Crippen LogP contribution in [0.2, 0.25) is 0 Å². The van der Waals surface area contributed by atoms with E-state index in [0.717, 1.165) is 25.9 Å². The lowest BCUT2D eigenvalue weighted by molar-refractivity contribution is -0.135. The van der Waals surface area contributed by atoms with Gasteiger partial charge in [0, 0.05) is 45.3 Å². The zero-order chi connectivity index (χ0) is 19.0. The Bertz CT molecular complexity index is 948. The predicted octanol–water partition coefficient (Wildman–Crippen LogP) is -0.0301. The highest BCUT2D eigenvalue weighted by Gasteiger charge is 2.36. The molecule has 4 rings (SSSR count). The molecule has 0 bridgehead atoms. The molecule has 2 amide bonds.